The summed E-state index contributed by atoms with van der Waals surface area (Å²) in [6.07, 6.45) is 2.58. The van der Waals surface area contributed by atoms with Crippen LogP contribution in [0.3, 0.4) is 0 Å². The summed E-state index contributed by atoms with van der Waals surface area (Å²) < 4.78 is 0. The molecule has 0 radical (unpaired) electrons. The minimum Gasteiger partial charge on any atom is -0.478 e. The Hall–Kier alpha value is -1.58. The molecule has 1 atom stereocenters. The topological polar surface area (TPSA) is 62.2 Å². The third kappa shape index (κ3) is 3.53. The molecular weight excluding hydrogens is 204 g/mol. The van der Waals surface area contributed by atoms with Crippen molar-refractivity contribution in [2.24, 2.45) is 5.92 Å². The van der Waals surface area contributed by atoms with E-state index in [2.05, 4.69) is 24.1 Å². The van der Waals surface area contributed by atoms with Crippen molar-refractivity contribution < 1.29 is 9.90 Å². The molecule has 0 saturated carbocycles. The van der Waals surface area contributed by atoms with E-state index >= 15 is 0 Å². The molecule has 0 aromatic carbocycles. The van der Waals surface area contributed by atoms with E-state index < -0.39 is 5.97 Å². The van der Waals surface area contributed by atoms with Crippen molar-refractivity contribution in [2.45, 2.75) is 33.2 Å². The van der Waals surface area contributed by atoms with Gasteiger partial charge >= 0.3 is 5.97 Å². The van der Waals surface area contributed by atoms with Crippen molar-refractivity contribution in [3.8, 4) is 0 Å². The van der Waals surface area contributed by atoms with Crippen LogP contribution in [0.1, 0.15) is 37.6 Å². The predicted octanol–water partition coefficient (Wildman–Crippen LogP) is 2.63. The van der Waals surface area contributed by atoms with Gasteiger partial charge in [0.25, 0.3) is 0 Å². The number of aromatic carboxylic acids is 1. The molecule has 0 bridgehead atoms. The van der Waals surface area contributed by atoms with Crippen LogP contribution < -0.4 is 5.32 Å². The van der Waals surface area contributed by atoms with Crippen LogP contribution in [0.25, 0.3) is 0 Å². The van der Waals surface area contributed by atoms with Crippen LogP contribution in [0, 0.1) is 5.92 Å². The first-order valence-electron chi connectivity index (χ1n) is 5.45. The highest BCUT2D eigenvalue weighted by molar-refractivity contribution is 5.93. The van der Waals surface area contributed by atoms with Gasteiger partial charge in [0.2, 0.25) is 0 Å². The molecule has 4 nitrogen and oxygen atoms in total. The van der Waals surface area contributed by atoms with Crippen molar-refractivity contribution >= 4 is 11.8 Å². The molecule has 0 spiro atoms. The smallest absolute Gasteiger partial charge is 0.339 e. The van der Waals surface area contributed by atoms with Crippen LogP contribution in [0.4, 0.5) is 5.82 Å². The van der Waals surface area contributed by atoms with Gasteiger partial charge in [0, 0.05) is 12.2 Å². The second-order valence-corrected chi connectivity index (χ2v) is 4.38. The first-order valence-corrected chi connectivity index (χ1v) is 5.45. The zero-order chi connectivity index (χ0) is 12.1. The summed E-state index contributed by atoms with van der Waals surface area (Å²) in [7, 11) is 0. The molecule has 16 heavy (non-hydrogen) atoms. The molecule has 0 amide bonds. The van der Waals surface area contributed by atoms with E-state index in [1.54, 1.807) is 18.3 Å². The molecule has 1 aromatic rings. The van der Waals surface area contributed by atoms with Gasteiger partial charge in [0.15, 0.2) is 0 Å². The van der Waals surface area contributed by atoms with Crippen molar-refractivity contribution in [3.63, 3.8) is 0 Å². The van der Waals surface area contributed by atoms with Crippen molar-refractivity contribution in [1.82, 2.24) is 4.98 Å². The molecule has 1 aromatic heterocycles. The Morgan fingerprint density at radius 3 is 2.75 bits per heavy atom. The summed E-state index contributed by atoms with van der Waals surface area (Å²) in [5.74, 6) is 0.0648. The number of aromatic nitrogens is 1. The fraction of sp³-hybridized carbons (Fsp3) is 0.500. The van der Waals surface area contributed by atoms with Crippen LogP contribution >= 0.6 is 0 Å². The molecule has 4 heteroatoms. The number of hydrogen-bond acceptors (Lipinski definition) is 3. The third-order valence-electron chi connectivity index (χ3n) is 2.25. The Kier molecular flexibility index (Phi) is 4.28. The maximum Gasteiger partial charge on any atom is 0.339 e. The van der Waals surface area contributed by atoms with Crippen LogP contribution in [0.15, 0.2) is 18.3 Å². The number of hydrogen-bond donors (Lipinski definition) is 2. The predicted molar refractivity (Wildman–Crippen MR) is 63.7 cm³/mol. The average molecular weight is 222 g/mol. The molecule has 0 aliphatic rings. The maximum absolute atomic E-state index is 10.9. The minimum absolute atomic E-state index is 0.216. The number of nitrogens with one attached hydrogen (secondary N) is 1. The number of carbonyl (C=O) groups is 1. The lowest BCUT2D eigenvalue weighted by atomic mass is 10.1. The normalized spacial score (nSPS) is 12.5. The van der Waals surface area contributed by atoms with Gasteiger partial charge in [-0.05, 0) is 31.4 Å². The molecule has 88 valence electrons. The van der Waals surface area contributed by atoms with Crippen LogP contribution in [0.2, 0.25) is 0 Å². The van der Waals surface area contributed by atoms with E-state index in [0.717, 1.165) is 6.42 Å². The molecule has 2 N–H and O–H groups in total. The molecule has 0 saturated heterocycles. The lowest BCUT2D eigenvalue weighted by Crippen LogP contribution is -2.20. The van der Waals surface area contributed by atoms with Gasteiger partial charge in [-0.15, -0.1) is 0 Å². The summed E-state index contributed by atoms with van der Waals surface area (Å²) in [6.45, 7) is 6.30. The van der Waals surface area contributed by atoms with E-state index in [1.807, 2.05) is 6.92 Å². The highest BCUT2D eigenvalue weighted by Gasteiger charge is 2.13. The number of nitrogens with zero attached hydrogens (tertiary/aromatic N) is 1. The summed E-state index contributed by atoms with van der Waals surface area (Å²) >= 11 is 0. The lowest BCUT2D eigenvalue weighted by molar-refractivity contribution is 0.0697. The van der Waals surface area contributed by atoms with Gasteiger partial charge in [0.05, 0.1) is 0 Å². The largest absolute Gasteiger partial charge is 0.478 e. The van der Waals surface area contributed by atoms with Crippen molar-refractivity contribution in [2.75, 3.05) is 5.32 Å². The molecule has 1 unspecified atom stereocenters. The van der Waals surface area contributed by atoms with Crippen LogP contribution in [-0.4, -0.2) is 22.1 Å². The quantitative estimate of drug-likeness (QED) is 0.804. The molecule has 0 fully saturated rings. The van der Waals surface area contributed by atoms with Crippen LogP contribution in [0.5, 0.6) is 0 Å². The SMILES string of the molecule is CC(C)CC(C)Nc1ncccc1C(=O)O. The van der Waals surface area contributed by atoms with Crippen LogP contribution in [-0.2, 0) is 0 Å². The first kappa shape index (κ1) is 12.5. The maximum atomic E-state index is 10.9. The monoisotopic (exact) mass is 222 g/mol. The number of anilines is 1. The van der Waals surface area contributed by atoms with Gasteiger partial charge in [0.1, 0.15) is 11.4 Å². The zero-order valence-corrected chi connectivity index (χ0v) is 9.90. The minimum atomic E-state index is -0.952. The fourth-order valence-corrected chi connectivity index (χ4v) is 1.69. The van der Waals surface area contributed by atoms with Gasteiger partial charge in [-0.3, -0.25) is 0 Å². The first-order chi connectivity index (χ1) is 7.50. The lowest BCUT2D eigenvalue weighted by Gasteiger charge is -2.17. The van der Waals surface area contributed by atoms with E-state index in [-0.39, 0.29) is 11.6 Å². The highest BCUT2D eigenvalue weighted by atomic mass is 16.4. The molecular formula is C12H18N2O2. The Labute approximate surface area is 95.7 Å². The Bertz CT molecular complexity index is 364. The van der Waals surface area contributed by atoms with Gasteiger partial charge < -0.3 is 10.4 Å². The average Bonchev–Trinajstić information content (AvgIpc) is 2.16. The number of carboxylic acid groups (broad SMARTS) is 1. The standard InChI is InChI=1S/C12H18N2O2/c1-8(2)7-9(3)14-11-10(12(15)16)5-4-6-13-11/h4-6,8-9H,7H2,1-3H3,(H,13,14)(H,15,16). The summed E-state index contributed by atoms with van der Waals surface area (Å²) in [4.78, 5) is 15.0. The Morgan fingerprint density at radius 1 is 1.50 bits per heavy atom. The Morgan fingerprint density at radius 2 is 2.19 bits per heavy atom. The van der Waals surface area contributed by atoms with Gasteiger partial charge in [-0.25, -0.2) is 9.78 Å². The van der Waals surface area contributed by atoms with E-state index in [0.29, 0.717) is 11.7 Å². The molecule has 0 aliphatic carbocycles. The van der Waals surface area contributed by atoms with E-state index in [1.165, 1.54) is 0 Å². The second-order valence-electron chi connectivity index (χ2n) is 4.38. The fourth-order valence-electron chi connectivity index (χ4n) is 1.69. The molecule has 1 rings (SSSR count). The Balaban J connectivity index is 2.76. The highest BCUT2D eigenvalue weighted by Crippen LogP contribution is 2.15. The molecule has 1 heterocycles. The van der Waals surface area contributed by atoms with Gasteiger partial charge in [-0.2, -0.15) is 0 Å². The van der Waals surface area contributed by atoms with E-state index in [4.69, 9.17) is 5.11 Å². The molecule has 0 aliphatic heterocycles. The third-order valence-corrected chi connectivity index (χ3v) is 2.25. The summed E-state index contributed by atoms with van der Waals surface area (Å²) in [6, 6.07) is 3.40. The number of carboxylic acids is 1. The summed E-state index contributed by atoms with van der Waals surface area (Å²) in [5, 5.41) is 12.1. The van der Waals surface area contributed by atoms with E-state index in [9.17, 15) is 4.79 Å². The second kappa shape index (κ2) is 5.49. The summed E-state index contributed by atoms with van der Waals surface area (Å²) in [5.41, 5.74) is 0.220. The van der Waals surface area contributed by atoms with Crippen molar-refractivity contribution in [3.05, 3.63) is 23.9 Å². The number of pyridine rings is 1. The van der Waals surface area contributed by atoms with Crippen molar-refractivity contribution in [1.29, 1.82) is 0 Å². The number of rotatable bonds is 5. The zero-order valence-electron chi connectivity index (χ0n) is 9.90. The van der Waals surface area contributed by atoms with Gasteiger partial charge in [-0.1, -0.05) is 13.8 Å².